The van der Waals surface area contributed by atoms with E-state index in [1.54, 1.807) is 18.1 Å². The molecule has 3 fully saturated rings. The number of aromatic nitrogens is 2. The van der Waals surface area contributed by atoms with Crippen molar-refractivity contribution in [2.45, 2.75) is 133 Å². The van der Waals surface area contributed by atoms with E-state index in [0.29, 0.717) is 53.1 Å². The van der Waals surface area contributed by atoms with Crippen molar-refractivity contribution in [3.05, 3.63) is 77.4 Å². The van der Waals surface area contributed by atoms with Crippen molar-refractivity contribution in [3.8, 4) is 22.9 Å². The van der Waals surface area contributed by atoms with Gasteiger partial charge in [-0.25, -0.2) is 14.4 Å². The first kappa shape index (κ1) is 44.9. The van der Waals surface area contributed by atoms with E-state index in [4.69, 9.17) is 24.2 Å². The van der Waals surface area contributed by atoms with Gasteiger partial charge in [0.25, 0.3) is 0 Å². The van der Waals surface area contributed by atoms with Crippen LogP contribution in [-0.4, -0.2) is 80.5 Å². The number of pyridine rings is 1. The van der Waals surface area contributed by atoms with Crippen LogP contribution in [-0.2, 0) is 29.8 Å². The van der Waals surface area contributed by atoms with Gasteiger partial charge >= 0.3 is 5.97 Å². The predicted molar refractivity (Wildman–Crippen MR) is 242 cm³/mol. The molecule has 2 aromatic heterocycles. The minimum Gasteiger partial charge on any atom is -0.497 e. The first-order valence-electron chi connectivity index (χ1n) is 22.4. The van der Waals surface area contributed by atoms with Crippen molar-refractivity contribution in [2.75, 3.05) is 19.0 Å². The van der Waals surface area contributed by atoms with Crippen LogP contribution < -0.4 is 14.8 Å². The van der Waals surface area contributed by atoms with Gasteiger partial charge in [-0.15, -0.1) is 11.3 Å². The van der Waals surface area contributed by atoms with Crippen LogP contribution in [0.1, 0.15) is 103 Å². The number of nitrogens with one attached hydrogen (secondary N) is 1. The smallest absolute Gasteiger partial charge is 0.306 e. The highest BCUT2D eigenvalue weighted by Gasteiger charge is 2.65. The number of ether oxygens (including phenoxy) is 3. The number of hydrogen-bond acceptors (Lipinski definition) is 11. The maximum atomic E-state index is 15.0. The number of allylic oxidation sites excluding steroid dienone is 2. The zero-order chi connectivity index (χ0) is 44.3. The molecular formula is C48H58FN4O8PS. The summed E-state index contributed by atoms with van der Waals surface area (Å²) < 4.78 is 47.8. The van der Waals surface area contributed by atoms with Crippen molar-refractivity contribution < 1.29 is 42.4 Å². The minimum atomic E-state index is -4.20. The van der Waals surface area contributed by atoms with Gasteiger partial charge in [0, 0.05) is 47.7 Å². The lowest BCUT2D eigenvalue weighted by Gasteiger charge is -2.30. The molecule has 4 aromatic rings. The number of amides is 1. The molecule has 1 saturated heterocycles. The van der Waals surface area contributed by atoms with Crippen LogP contribution in [0.3, 0.4) is 0 Å². The molecule has 2 aromatic carbocycles. The number of methoxy groups -OCH3 is 1. The number of thiazole rings is 1. The van der Waals surface area contributed by atoms with E-state index in [-0.39, 0.29) is 61.1 Å². The lowest BCUT2D eigenvalue weighted by molar-refractivity contribution is -0.154. The molecule has 0 spiro atoms. The molecule has 2 saturated carbocycles. The molecule has 1 amide bonds. The molecule has 12 nitrogen and oxygen atoms in total. The Morgan fingerprint density at radius 1 is 1.03 bits per heavy atom. The third-order valence-corrected chi connectivity index (χ3v) is 16.8. The van der Waals surface area contributed by atoms with E-state index in [9.17, 15) is 28.2 Å². The van der Waals surface area contributed by atoms with Gasteiger partial charge in [0.1, 0.15) is 35.2 Å². The molecule has 1 unspecified atom stereocenters. The second-order valence-corrected chi connectivity index (χ2v) is 21.5. The number of esters is 1. The van der Waals surface area contributed by atoms with Crippen LogP contribution in [0.4, 0.5) is 9.52 Å². The Morgan fingerprint density at radius 2 is 1.83 bits per heavy atom. The number of hydrogen-bond donors (Lipinski definition) is 2. The summed E-state index contributed by atoms with van der Waals surface area (Å²) in [4.78, 5) is 66.5. The first-order valence-corrected chi connectivity index (χ1v) is 25.2. The minimum absolute atomic E-state index is 0.0558. The SMILES string of the molecule is COc1ccc2c(O[C@@H]3C[C@H]4C(=O)C[C@]5(P(=O)(O)Cc6ccccc6F)C[C@H]5/C=C\CCCCC[C@H](CC(=O)OC5CCCC5)C(=O)N4C3)cc(-c3csc(NC(C)C)n3)nc2c1. The number of benzene rings is 2. The highest BCUT2D eigenvalue weighted by Crippen LogP contribution is 2.74. The zero-order valence-electron chi connectivity index (χ0n) is 36.3. The van der Waals surface area contributed by atoms with Gasteiger partial charge in [-0.3, -0.25) is 18.9 Å². The first-order chi connectivity index (χ1) is 30.3. The van der Waals surface area contributed by atoms with E-state index < -0.39 is 48.5 Å². The number of Topliss-reactive ketones (excluding diaryl/α,β-unsaturated/α-hetero) is 1. The summed E-state index contributed by atoms with van der Waals surface area (Å²) in [5, 5.41) is 5.40. The van der Waals surface area contributed by atoms with Crippen molar-refractivity contribution in [3.63, 3.8) is 0 Å². The number of fused-ring (bicyclic) bond motifs is 3. The van der Waals surface area contributed by atoms with Gasteiger partial charge in [0.2, 0.25) is 13.3 Å². The molecule has 6 atom stereocenters. The maximum Gasteiger partial charge on any atom is 0.306 e. The Bertz CT molecular complexity index is 2400. The fourth-order valence-electron chi connectivity index (χ4n) is 9.66. The van der Waals surface area contributed by atoms with Crippen LogP contribution in [0.5, 0.6) is 11.5 Å². The van der Waals surface area contributed by atoms with Crippen LogP contribution in [0, 0.1) is 17.7 Å². The lowest BCUT2D eigenvalue weighted by Crippen LogP contribution is -2.45. The number of rotatable bonds is 12. The lowest BCUT2D eigenvalue weighted by atomic mass is 9.94. The summed E-state index contributed by atoms with van der Waals surface area (Å²) in [6, 6.07) is 12.5. The quantitative estimate of drug-likeness (QED) is 0.0793. The van der Waals surface area contributed by atoms with E-state index in [1.165, 1.54) is 29.5 Å². The summed E-state index contributed by atoms with van der Waals surface area (Å²) in [7, 11) is -2.62. The van der Waals surface area contributed by atoms with E-state index in [2.05, 4.69) is 5.32 Å². The van der Waals surface area contributed by atoms with Gasteiger partial charge in [0.05, 0.1) is 48.6 Å². The van der Waals surface area contributed by atoms with Crippen molar-refractivity contribution in [1.82, 2.24) is 14.9 Å². The van der Waals surface area contributed by atoms with Gasteiger partial charge in [0.15, 0.2) is 10.9 Å². The fraction of sp³-hybridized carbons (Fsp3) is 0.521. The Hall–Kier alpha value is -4.65. The molecule has 15 heteroatoms. The van der Waals surface area contributed by atoms with Gasteiger partial charge < -0.3 is 29.3 Å². The topological polar surface area (TPSA) is 157 Å². The Balaban J connectivity index is 1.13. The molecule has 2 aliphatic heterocycles. The summed E-state index contributed by atoms with van der Waals surface area (Å²) in [5.74, 6) is -1.64. The third kappa shape index (κ3) is 10.2. The number of nitrogens with zero attached hydrogens (tertiary/aromatic N) is 3. The molecular weight excluding hydrogens is 843 g/mol. The molecule has 8 rings (SSSR count). The zero-order valence-corrected chi connectivity index (χ0v) is 38.0. The van der Waals surface area contributed by atoms with Gasteiger partial charge in [-0.1, -0.05) is 43.2 Å². The normalized spacial score (nSPS) is 26.0. The molecule has 4 heterocycles. The average molecular weight is 901 g/mol. The van der Waals surface area contributed by atoms with E-state index in [0.717, 1.165) is 50.1 Å². The summed E-state index contributed by atoms with van der Waals surface area (Å²) in [6.45, 7) is 4.13. The highest BCUT2D eigenvalue weighted by molar-refractivity contribution is 7.59. The largest absolute Gasteiger partial charge is 0.497 e. The monoisotopic (exact) mass is 900 g/mol. The molecule has 2 aliphatic carbocycles. The number of halogens is 1. The van der Waals surface area contributed by atoms with E-state index in [1.807, 2.05) is 55.6 Å². The predicted octanol–water partition coefficient (Wildman–Crippen LogP) is 9.88. The van der Waals surface area contributed by atoms with Crippen LogP contribution in [0.15, 0.2) is 66.1 Å². The van der Waals surface area contributed by atoms with Crippen LogP contribution in [0.25, 0.3) is 22.3 Å². The van der Waals surface area contributed by atoms with Gasteiger partial charge in [-0.05, 0) is 94.9 Å². The Labute approximate surface area is 372 Å². The summed E-state index contributed by atoms with van der Waals surface area (Å²) >= 11 is 1.47. The van der Waals surface area contributed by atoms with Crippen molar-refractivity contribution in [2.24, 2.45) is 11.8 Å². The number of anilines is 1. The van der Waals surface area contributed by atoms with Crippen molar-refractivity contribution >= 4 is 52.4 Å². The molecule has 0 bridgehead atoms. The average Bonchev–Trinajstić information content (AvgIpc) is 3.66. The Morgan fingerprint density at radius 3 is 2.60 bits per heavy atom. The summed E-state index contributed by atoms with van der Waals surface area (Å²) in [5.41, 5.74) is 1.96. The van der Waals surface area contributed by atoms with Crippen LogP contribution in [0.2, 0.25) is 0 Å². The number of ketones is 1. The number of carbonyl (C=O) groups excluding carboxylic acids is 3. The molecule has 0 radical (unpaired) electrons. The Kier molecular flexibility index (Phi) is 13.7. The molecule has 4 aliphatic rings. The van der Waals surface area contributed by atoms with E-state index >= 15 is 0 Å². The highest BCUT2D eigenvalue weighted by atomic mass is 32.1. The standard InChI is InChI=1S/C48H58FN4O8PS/c1-30(2)50-47-52-41(29-63-47)40-24-44(37-20-19-35(59-3)22-39(37)51-40)60-36-23-42-43(54)26-48(62(57,58)28-32-14-9-12-18-38(32)49)25-33(48)15-8-6-4-5-7-13-31(46(56)53(42)27-36)21-45(55)61-34-16-10-11-17-34/h8-9,12,14-15,18-20,22,24,29-31,33-34,36,42H,4-7,10-11,13,16-17,21,23,25-28H2,1-3H3,(H,50,52)(H,57,58)/b15-8-/t31-,33-,36-,42+,48-/m1/s1. The molecule has 63 heavy (non-hydrogen) atoms. The molecule has 336 valence electrons. The number of carbonyl (C=O) groups is 3. The second kappa shape index (κ2) is 19.2. The summed E-state index contributed by atoms with van der Waals surface area (Å²) in [6.07, 6.45) is 9.97. The third-order valence-electron chi connectivity index (χ3n) is 13.1. The fourth-order valence-corrected chi connectivity index (χ4v) is 13.0. The second-order valence-electron chi connectivity index (χ2n) is 18.1. The maximum absolute atomic E-state index is 15.0. The van der Waals surface area contributed by atoms with Gasteiger partial charge in [-0.2, -0.15) is 0 Å². The van der Waals surface area contributed by atoms with Crippen molar-refractivity contribution in [1.29, 1.82) is 0 Å². The van der Waals surface area contributed by atoms with Crippen LogP contribution >= 0.6 is 18.7 Å². The molecule has 2 N–H and O–H groups in total.